The largest absolute Gasteiger partial charge is 0.339 e. The van der Waals surface area contributed by atoms with Crippen molar-refractivity contribution in [3.63, 3.8) is 0 Å². The molecule has 1 amide bonds. The van der Waals surface area contributed by atoms with Gasteiger partial charge in [-0.3, -0.25) is 19.6 Å². The summed E-state index contributed by atoms with van der Waals surface area (Å²) in [6, 6.07) is 8.44. The third-order valence-electron chi connectivity index (χ3n) is 5.46. The van der Waals surface area contributed by atoms with Gasteiger partial charge in [0.1, 0.15) is 0 Å². The number of sulfonamides is 1. The second kappa shape index (κ2) is 9.27. The highest BCUT2D eigenvalue weighted by atomic mass is 32.2. The Kier molecular flexibility index (Phi) is 6.90. The summed E-state index contributed by atoms with van der Waals surface area (Å²) in [5, 5.41) is 11.0. The number of nitrogens with zero attached hydrogens (tertiary/aromatic N) is 2. The van der Waals surface area contributed by atoms with Crippen molar-refractivity contribution < 1.29 is 18.1 Å². The Balaban J connectivity index is 1.94. The van der Waals surface area contributed by atoms with Crippen LogP contribution in [0.5, 0.6) is 0 Å². The number of nitro groups is 1. The maximum Gasteiger partial charge on any atom is 0.271 e. The summed E-state index contributed by atoms with van der Waals surface area (Å²) in [6.45, 7) is 5.11. The highest BCUT2D eigenvalue weighted by Gasteiger charge is 2.26. The number of carbonyl (C=O) groups excluding carboxylic acids is 1. The van der Waals surface area contributed by atoms with Crippen LogP contribution in [0, 0.1) is 23.0 Å². The van der Waals surface area contributed by atoms with Crippen LogP contribution in [0.25, 0.3) is 0 Å². The van der Waals surface area contributed by atoms with Crippen molar-refractivity contribution in [2.75, 3.05) is 24.1 Å². The molecule has 2 aromatic carbocycles. The van der Waals surface area contributed by atoms with E-state index in [0.29, 0.717) is 35.0 Å². The van der Waals surface area contributed by atoms with Crippen LogP contribution < -0.4 is 4.72 Å². The van der Waals surface area contributed by atoms with E-state index in [0.717, 1.165) is 12.8 Å². The van der Waals surface area contributed by atoms with Crippen molar-refractivity contribution in [2.45, 2.75) is 36.5 Å². The minimum atomic E-state index is -4.05. The number of hydrogen-bond donors (Lipinski definition) is 1. The first-order valence-corrected chi connectivity index (χ1v) is 12.6. The summed E-state index contributed by atoms with van der Waals surface area (Å²) in [4.78, 5) is 26.0. The van der Waals surface area contributed by atoms with Crippen molar-refractivity contribution >= 4 is 39.1 Å². The molecule has 10 heteroatoms. The molecule has 8 nitrogen and oxygen atoms in total. The number of likely N-dealkylation sites (tertiary alicyclic amines) is 1. The summed E-state index contributed by atoms with van der Waals surface area (Å²) >= 11 is 1.38. The number of carbonyl (C=O) groups is 1. The molecule has 31 heavy (non-hydrogen) atoms. The van der Waals surface area contributed by atoms with Gasteiger partial charge in [0.25, 0.3) is 21.6 Å². The number of nitro benzene ring substituents is 1. The van der Waals surface area contributed by atoms with Gasteiger partial charge >= 0.3 is 0 Å². The van der Waals surface area contributed by atoms with Crippen LogP contribution in [0.4, 0.5) is 11.4 Å². The standard InChI is InChI=1S/C21H25N3O5S2/c1-14-8-10-23(11-9-14)21(25)18-13-17(6-7-20(18)30-3)31(28,29)22-19-12-16(24(26)27)5-4-15(19)2/h4-7,12-14,22H,8-11H2,1-3H3. The quantitative estimate of drug-likeness (QED) is 0.389. The van der Waals surface area contributed by atoms with E-state index >= 15 is 0 Å². The maximum absolute atomic E-state index is 13.1. The zero-order chi connectivity index (χ0) is 22.8. The lowest BCUT2D eigenvalue weighted by Gasteiger charge is -2.30. The molecule has 166 valence electrons. The zero-order valence-corrected chi connectivity index (χ0v) is 19.3. The molecular formula is C21H25N3O5S2. The number of nitrogens with one attached hydrogen (secondary N) is 1. The second-order valence-electron chi connectivity index (χ2n) is 7.70. The van der Waals surface area contributed by atoms with Gasteiger partial charge in [-0.2, -0.15) is 0 Å². The molecule has 1 N–H and O–H groups in total. The van der Waals surface area contributed by atoms with Gasteiger partial charge < -0.3 is 4.90 Å². The first-order chi connectivity index (χ1) is 14.6. The third kappa shape index (κ3) is 5.19. The monoisotopic (exact) mass is 463 g/mol. The van der Waals surface area contributed by atoms with Crippen molar-refractivity contribution in [1.82, 2.24) is 4.90 Å². The molecule has 0 aliphatic carbocycles. The number of piperidine rings is 1. The number of hydrogen-bond acceptors (Lipinski definition) is 6. The Labute approximate surface area is 186 Å². The highest BCUT2D eigenvalue weighted by Crippen LogP contribution is 2.29. The first-order valence-electron chi connectivity index (χ1n) is 9.87. The first kappa shape index (κ1) is 23.1. The van der Waals surface area contributed by atoms with Crippen molar-refractivity contribution in [3.8, 4) is 0 Å². The molecular weight excluding hydrogens is 438 g/mol. The average Bonchev–Trinajstić information content (AvgIpc) is 2.74. The summed E-state index contributed by atoms with van der Waals surface area (Å²) in [5.74, 6) is 0.387. The number of anilines is 1. The van der Waals surface area contributed by atoms with Crippen LogP contribution in [-0.4, -0.2) is 43.5 Å². The van der Waals surface area contributed by atoms with Gasteiger partial charge in [0, 0.05) is 30.1 Å². The third-order valence-corrected chi connectivity index (χ3v) is 7.62. The normalized spacial score (nSPS) is 15.0. The average molecular weight is 464 g/mol. The van der Waals surface area contributed by atoms with Crippen LogP contribution in [0.2, 0.25) is 0 Å². The van der Waals surface area contributed by atoms with Crippen LogP contribution in [0.1, 0.15) is 35.7 Å². The number of amides is 1. The molecule has 0 aromatic heterocycles. The van der Waals surface area contributed by atoms with Gasteiger partial charge in [-0.25, -0.2) is 8.42 Å². The molecule has 2 aromatic rings. The fourth-order valence-corrected chi connectivity index (χ4v) is 5.16. The van der Waals surface area contributed by atoms with Crippen LogP contribution in [-0.2, 0) is 10.0 Å². The maximum atomic E-state index is 13.1. The number of benzene rings is 2. The molecule has 0 radical (unpaired) electrons. The Bertz CT molecular complexity index is 1110. The van der Waals surface area contributed by atoms with E-state index in [2.05, 4.69) is 11.6 Å². The number of thioether (sulfide) groups is 1. The van der Waals surface area contributed by atoms with E-state index in [9.17, 15) is 23.3 Å². The van der Waals surface area contributed by atoms with Gasteiger partial charge in [0.05, 0.1) is 21.1 Å². The Morgan fingerprint density at radius 2 is 1.87 bits per heavy atom. The lowest BCUT2D eigenvalue weighted by Crippen LogP contribution is -2.38. The smallest absolute Gasteiger partial charge is 0.271 e. The summed E-state index contributed by atoms with van der Waals surface area (Å²) in [5.41, 5.74) is 0.812. The van der Waals surface area contributed by atoms with Crippen LogP contribution in [0.15, 0.2) is 46.2 Å². The van der Waals surface area contributed by atoms with Gasteiger partial charge in [-0.1, -0.05) is 13.0 Å². The molecule has 1 aliphatic rings. The highest BCUT2D eigenvalue weighted by molar-refractivity contribution is 7.98. The molecule has 0 spiro atoms. The SMILES string of the molecule is CSc1ccc(S(=O)(=O)Nc2cc([N+](=O)[O-])ccc2C)cc1C(=O)N1CCC(C)CC1. The van der Waals surface area contributed by atoms with Gasteiger partial charge in [-0.15, -0.1) is 11.8 Å². The minimum Gasteiger partial charge on any atom is -0.339 e. The van der Waals surface area contributed by atoms with E-state index in [1.54, 1.807) is 17.9 Å². The molecule has 0 bridgehead atoms. The lowest BCUT2D eigenvalue weighted by molar-refractivity contribution is -0.384. The zero-order valence-electron chi connectivity index (χ0n) is 17.6. The van der Waals surface area contributed by atoms with Crippen LogP contribution in [0.3, 0.4) is 0 Å². The van der Waals surface area contributed by atoms with E-state index in [4.69, 9.17) is 0 Å². The number of rotatable bonds is 6. The molecule has 0 saturated carbocycles. The van der Waals surface area contributed by atoms with E-state index in [1.807, 2.05) is 6.26 Å². The predicted molar refractivity (Wildman–Crippen MR) is 121 cm³/mol. The fourth-order valence-electron chi connectivity index (χ4n) is 3.44. The van der Waals surface area contributed by atoms with E-state index in [1.165, 1.54) is 42.1 Å². The molecule has 1 aliphatic heterocycles. The van der Waals surface area contributed by atoms with Crippen molar-refractivity contribution in [1.29, 1.82) is 0 Å². The van der Waals surface area contributed by atoms with Crippen molar-refractivity contribution in [3.05, 3.63) is 57.6 Å². The molecule has 1 saturated heterocycles. The Morgan fingerprint density at radius 1 is 1.19 bits per heavy atom. The van der Waals surface area contributed by atoms with E-state index in [-0.39, 0.29) is 22.2 Å². The Morgan fingerprint density at radius 3 is 2.48 bits per heavy atom. The van der Waals surface area contributed by atoms with Gasteiger partial charge in [0.15, 0.2) is 0 Å². The summed E-state index contributed by atoms with van der Waals surface area (Å²) in [6.07, 6.45) is 3.68. The molecule has 0 atom stereocenters. The van der Waals surface area contributed by atoms with Crippen molar-refractivity contribution in [2.24, 2.45) is 5.92 Å². The molecule has 1 fully saturated rings. The van der Waals surface area contributed by atoms with E-state index < -0.39 is 14.9 Å². The van der Waals surface area contributed by atoms with Gasteiger partial charge in [-0.05, 0) is 55.7 Å². The number of aryl methyl sites for hydroxylation is 1. The van der Waals surface area contributed by atoms with Crippen LogP contribution >= 0.6 is 11.8 Å². The second-order valence-corrected chi connectivity index (χ2v) is 10.2. The lowest BCUT2D eigenvalue weighted by atomic mass is 9.98. The number of non-ortho nitro benzene ring substituents is 1. The van der Waals surface area contributed by atoms with Gasteiger partial charge in [0.2, 0.25) is 0 Å². The molecule has 1 heterocycles. The predicted octanol–water partition coefficient (Wildman–Crippen LogP) is 4.30. The minimum absolute atomic E-state index is 0.0649. The summed E-state index contributed by atoms with van der Waals surface area (Å²) < 4.78 is 28.5. The fraction of sp³-hybridized carbons (Fsp3) is 0.381. The summed E-state index contributed by atoms with van der Waals surface area (Å²) in [7, 11) is -4.05. The molecule has 3 rings (SSSR count). The Hall–Kier alpha value is -2.59. The molecule has 0 unspecified atom stereocenters. The topological polar surface area (TPSA) is 110 Å².